The lowest BCUT2D eigenvalue weighted by Gasteiger charge is -2.08. The summed E-state index contributed by atoms with van der Waals surface area (Å²) in [6, 6.07) is 12.0. The third-order valence-corrected chi connectivity index (χ3v) is 4.02. The molecule has 0 unspecified atom stereocenters. The van der Waals surface area contributed by atoms with E-state index in [0.717, 1.165) is 21.6 Å². The molecule has 1 N–H and O–H groups in total. The van der Waals surface area contributed by atoms with Crippen molar-refractivity contribution < 1.29 is 14.6 Å². The molecular formula is C17H18O3S. The lowest BCUT2D eigenvalue weighted by molar-refractivity contribution is -0.131. The maximum absolute atomic E-state index is 10.5. The minimum Gasteiger partial charge on any atom is -0.488 e. The SMILES string of the molecule is CC(C)c1ccc(OCc2ccc(C=CC(=O)O)s2)cc1. The average molecular weight is 302 g/mol. The van der Waals surface area contributed by atoms with Crippen LogP contribution in [0.2, 0.25) is 0 Å². The topological polar surface area (TPSA) is 46.5 Å². The molecule has 0 bridgehead atoms. The van der Waals surface area contributed by atoms with Crippen molar-refractivity contribution in [3.8, 4) is 5.75 Å². The van der Waals surface area contributed by atoms with E-state index in [9.17, 15) is 4.79 Å². The molecule has 0 radical (unpaired) electrons. The Balaban J connectivity index is 1.92. The van der Waals surface area contributed by atoms with Gasteiger partial charge in [-0.3, -0.25) is 0 Å². The fraction of sp³-hybridized carbons (Fsp3) is 0.235. The van der Waals surface area contributed by atoms with Crippen LogP contribution >= 0.6 is 11.3 Å². The zero-order valence-electron chi connectivity index (χ0n) is 12.1. The first kappa shape index (κ1) is 15.3. The molecule has 0 saturated carbocycles. The van der Waals surface area contributed by atoms with Crippen molar-refractivity contribution in [2.45, 2.75) is 26.4 Å². The molecule has 4 heteroatoms. The zero-order chi connectivity index (χ0) is 15.2. The maximum atomic E-state index is 10.5. The Bertz CT molecular complexity index is 624. The third kappa shape index (κ3) is 4.76. The number of thiophene rings is 1. The highest BCUT2D eigenvalue weighted by molar-refractivity contribution is 7.12. The first-order chi connectivity index (χ1) is 10.0. The highest BCUT2D eigenvalue weighted by Gasteiger charge is 2.02. The molecule has 0 fully saturated rings. The van der Waals surface area contributed by atoms with E-state index < -0.39 is 5.97 Å². The Hall–Kier alpha value is -2.07. The number of carboxylic acids is 1. The van der Waals surface area contributed by atoms with E-state index in [2.05, 4.69) is 26.0 Å². The van der Waals surface area contributed by atoms with Crippen LogP contribution in [0.15, 0.2) is 42.5 Å². The van der Waals surface area contributed by atoms with E-state index in [1.807, 2.05) is 24.3 Å². The van der Waals surface area contributed by atoms with Crippen LogP contribution < -0.4 is 4.74 Å². The van der Waals surface area contributed by atoms with E-state index in [4.69, 9.17) is 9.84 Å². The van der Waals surface area contributed by atoms with Gasteiger partial charge in [0.1, 0.15) is 12.4 Å². The fourth-order valence-electron chi connectivity index (χ4n) is 1.82. The van der Waals surface area contributed by atoms with E-state index in [1.165, 1.54) is 16.9 Å². The number of hydrogen-bond acceptors (Lipinski definition) is 3. The van der Waals surface area contributed by atoms with E-state index in [1.54, 1.807) is 6.08 Å². The molecule has 0 saturated heterocycles. The van der Waals surface area contributed by atoms with Crippen LogP contribution in [0.3, 0.4) is 0 Å². The van der Waals surface area contributed by atoms with Crippen molar-refractivity contribution in [1.82, 2.24) is 0 Å². The largest absolute Gasteiger partial charge is 0.488 e. The summed E-state index contributed by atoms with van der Waals surface area (Å²) < 4.78 is 5.74. The zero-order valence-corrected chi connectivity index (χ0v) is 12.9. The number of hydrogen-bond donors (Lipinski definition) is 1. The van der Waals surface area contributed by atoms with E-state index >= 15 is 0 Å². The molecule has 2 rings (SSSR count). The third-order valence-electron chi connectivity index (χ3n) is 3.00. The summed E-state index contributed by atoms with van der Waals surface area (Å²) in [5.74, 6) is 0.418. The second-order valence-electron chi connectivity index (χ2n) is 4.99. The minimum atomic E-state index is -0.938. The van der Waals surface area contributed by atoms with Gasteiger partial charge >= 0.3 is 5.97 Å². The van der Waals surface area contributed by atoms with Crippen LogP contribution in [0.5, 0.6) is 5.75 Å². The second kappa shape index (κ2) is 7.09. The molecule has 21 heavy (non-hydrogen) atoms. The highest BCUT2D eigenvalue weighted by Crippen LogP contribution is 2.22. The molecule has 0 aliphatic rings. The Labute approximate surface area is 128 Å². The van der Waals surface area contributed by atoms with E-state index in [-0.39, 0.29) is 0 Å². The summed E-state index contributed by atoms with van der Waals surface area (Å²) >= 11 is 1.53. The molecule has 110 valence electrons. The van der Waals surface area contributed by atoms with Gasteiger partial charge in [0.2, 0.25) is 0 Å². The average Bonchev–Trinajstić information content (AvgIpc) is 2.91. The highest BCUT2D eigenvalue weighted by atomic mass is 32.1. The summed E-state index contributed by atoms with van der Waals surface area (Å²) in [6.45, 7) is 4.81. The molecule has 1 aromatic heterocycles. The summed E-state index contributed by atoms with van der Waals surface area (Å²) in [7, 11) is 0. The lowest BCUT2D eigenvalue weighted by Crippen LogP contribution is -1.93. The lowest BCUT2D eigenvalue weighted by atomic mass is 10.0. The summed E-state index contributed by atoms with van der Waals surface area (Å²) in [5.41, 5.74) is 1.29. The van der Waals surface area contributed by atoms with Crippen molar-refractivity contribution in [3.05, 3.63) is 57.8 Å². The number of benzene rings is 1. The Morgan fingerprint density at radius 1 is 1.24 bits per heavy atom. The Kier molecular flexibility index (Phi) is 5.17. The number of ether oxygens (including phenoxy) is 1. The van der Waals surface area contributed by atoms with E-state index in [0.29, 0.717) is 12.5 Å². The number of rotatable bonds is 6. The standard InChI is InChI=1S/C17H18O3S/c1-12(2)13-3-5-14(6-4-13)20-11-16-8-7-15(21-16)9-10-17(18)19/h3-10,12H,11H2,1-2H3,(H,18,19). The van der Waals surface area contributed by atoms with Crippen LogP contribution in [-0.4, -0.2) is 11.1 Å². The summed E-state index contributed by atoms with van der Waals surface area (Å²) in [5, 5.41) is 8.59. The number of carboxylic acid groups (broad SMARTS) is 1. The van der Waals surface area contributed by atoms with Crippen LogP contribution in [0.25, 0.3) is 6.08 Å². The molecule has 0 aliphatic carbocycles. The van der Waals surface area contributed by atoms with Crippen LogP contribution in [0.1, 0.15) is 35.1 Å². The van der Waals surface area contributed by atoms with Crippen LogP contribution in [-0.2, 0) is 11.4 Å². The molecule has 0 amide bonds. The number of aliphatic carboxylic acids is 1. The van der Waals surface area contributed by atoms with Gasteiger partial charge in [0.25, 0.3) is 0 Å². The fourth-order valence-corrected chi connectivity index (χ4v) is 2.65. The predicted octanol–water partition coefficient (Wildman–Crippen LogP) is 4.55. The van der Waals surface area contributed by atoms with Crippen molar-refractivity contribution >= 4 is 23.4 Å². The van der Waals surface area contributed by atoms with Crippen LogP contribution in [0, 0.1) is 0 Å². The monoisotopic (exact) mass is 302 g/mol. The molecule has 0 atom stereocenters. The summed E-state index contributed by atoms with van der Waals surface area (Å²) in [6.07, 6.45) is 2.73. The molecule has 0 aliphatic heterocycles. The van der Waals surface area contributed by atoms with Crippen molar-refractivity contribution in [2.24, 2.45) is 0 Å². The van der Waals surface area contributed by atoms with Gasteiger partial charge in [-0.05, 0) is 41.8 Å². The molecule has 3 nitrogen and oxygen atoms in total. The maximum Gasteiger partial charge on any atom is 0.328 e. The Morgan fingerprint density at radius 2 is 1.95 bits per heavy atom. The smallest absolute Gasteiger partial charge is 0.328 e. The quantitative estimate of drug-likeness (QED) is 0.796. The van der Waals surface area contributed by atoms with Crippen LogP contribution in [0.4, 0.5) is 0 Å². The molecule has 2 aromatic rings. The van der Waals surface area contributed by atoms with Gasteiger partial charge in [-0.15, -0.1) is 11.3 Å². The Morgan fingerprint density at radius 3 is 2.57 bits per heavy atom. The normalized spacial score (nSPS) is 11.2. The minimum absolute atomic E-state index is 0.493. The van der Waals surface area contributed by atoms with Gasteiger partial charge < -0.3 is 9.84 Å². The predicted molar refractivity (Wildman–Crippen MR) is 85.9 cm³/mol. The molecule has 1 heterocycles. The first-order valence-corrected chi connectivity index (χ1v) is 7.58. The molecule has 0 spiro atoms. The molecule has 1 aromatic carbocycles. The van der Waals surface area contributed by atoms with Gasteiger partial charge in [0, 0.05) is 15.8 Å². The summed E-state index contributed by atoms with van der Waals surface area (Å²) in [4.78, 5) is 12.4. The van der Waals surface area contributed by atoms with Crippen molar-refractivity contribution in [3.63, 3.8) is 0 Å². The van der Waals surface area contributed by atoms with Gasteiger partial charge in [-0.2, -0.15) is 0 Å². The molecular weight excluding hydrogens is 284 g/mol. The van der Waals surface area contributed by atoms with Crippen molar-refractivity contribution in [1.29, 1.82) is 0 Å². The number of carbonyl (C=O) groups is 1. The van der Waals surface area contributed by atoms with Gasteiger partial charge in [0.05, 0.1) is 0 Å². The second-order valence-corrected chi connectivity index (χ2v) is 6.19. The van der Waals surface area contributed by atoms with Gasteiger partial charge in [0.15, 0.2) is 0 Å². The first-order valence-electron chi connectivity index (χ1n) is 6.77. The van der Waals surface area contributed by atoms with Gasteiger partial charge in [-0.1, -0.05) is 26.0 Å². The van der Waals surface area contributed by atoms with Crippen molar-refractivity contribution in [2.75, 3.05) is 0 Å². The van der Waals surface area contributed by atoms with Gasteiger partial charge in [-0.25, -0.2) is 4.79 Å².